The van der Waals surface area contributed by atoms with Crippen molar-refractivity contribution in [3.8, 4) is 0 Å². The van der Waals surface area contributed by atoms with E-state index in [1.54, 1.807) is 19.1 Å². The Hall–Kier alpha value is -1.88. The summed E-state index contributed by atoms with van der Waals surface area (Å²) in [6, 6.07) is 3.44. The summed E-state index contributed by atoms with van der Waals surface area (Å²) in [4.78, 5) is 23.1. The molecule has 0 spiro atoms. The van der Waals surface area contributed by atoms with E-state index in [0.29, 0.717) is 35.5 Å². The van der Waals surface area contributed by atoms with Gasteiger partial charge in [-0.05, 0) is 37.3 Å². The van der Waals surface area contributed by atoms with Crippen LogP contribution in [0.2, 0.25) is 5.02 Å². The number of pyridine rings is 2. The number of hydrogen-bond donors (Lipinski definition) is 0. The molecular weight excluding hydrogens is 309 g/mol. The molecule has 0 amide bonds. The first-order valence-corrected chi connectivity index (χ1v) is 7.48. The van der Waals surface area contributed by atoms with Crippen LogP contribution in [-0.2, 0) is 16.0 Å². The van der Waals surface area contributed by atoms with E-state index in [-0.39, 0.29) is 16.7 Å². The van der Waals surface area contributed by atoms with Gasteiger partial charge in [0.25, 0.3) is 12.0 Å². The molecule has 1 fully saturated rings. The molecule has 3 rings (SSSR count). The molecule has 2 aromatic rings. The lowest BCUT2D eigenvalue weighted by Gasteiger charge is -2.15. The third-order valence-electron chi connectivity index (χ3n) is 4.16. The Kier molecular flexibility index (Phi) is 3.91. The van der Waals surface area contributed by atoms with Crippen LogP contribution in [0.4, 0.5) is 4.39 Å². The molecule has 0 aliphatic heterocycles. The third-order valence-corrected chi connectivity index (χ3v) is 4.62. The summed E-state index contributed by atoms with van der Waals surface area (Å²) in [7, 11) is 0. The van der Waals surface area contributed by atoms with Crippen molar-refractivity contribution < 1.29 is 13.9 Å². The number of aromatic nitrogens is 1. The van der Waals surface area contributed by atoms with Gasteiger partial charge in [0.05, 0.1) is 10.5 Å². The number of halogens is 2. The van der Waals surface area contributed by atoms with E-state index < -0.39 is 5.82 Å². The Morgan fingerprint density at radius 3 is 2.86 bits per heavy atom. The van der Waals surface area contributed by atoms with E-state index >= 15 is 0 Å². The van der Waals surface area contributed by atoms with E-state index in [1.165, 1.54) is 4.40 Å². The molecule has 0 saturated heterocycles. The zero-order valence-electron chi connectivity index (χ0n) is 12.0. The summed E-state index contributed by atoms with van der Waals surface area (Å²) in [5.41, 5.74) is 1.28. The van der Waals surface area contributed by atoms with Crippen molar-refractivity contribution in [2.24, 2.45) is 5.92 Å². The number of nitrogens with zero attached hydrogens (tertiary/aromatic N) is 1. The fourth-order valence-electron chi connectivity index (χ4n) is 2.73. The molecule has 0 radical (unpaired) electrons. The van der Waals surface area contributed by atoms with Crippen molar-refractivity contribution in [2.75, 3.05) is 0 Å². The SMILES string of the molecule is Cc1c(Cl)c(F)cn2c(=O)c(CC(OC=O)C3CC3)ccc12. The average molecular weight is 324 g/mol. The molecule has 1 unspecified atom stereocenters. The van der Waals surface area contributed by atoms with Gasteiger partial charge in [-0.25, -0.2) is 4.39 Å². The molecule has 0 bridgehead atoms. The van der Waals surface area contributed by atoms with Crippen LogP contribution in [0.15, 0.2) is 23.1 Å². The first kappa shape index (κ1) is 15.0. The molecule has 2 heterocycles. The van der Waals surface area contributed by atoms with Gasteiger partial charge in [-0.2, -0.15) is 0 Å². The highest BCUT2D eigenvalue weighted by atomic mass is 35.5. The molecular formula is C16H15ClFNO3. The maximum Gasteiger partial charge on any atom is 0.293 e. The number of fused-ring (bicyclic) bond motifs is 1. The fraction of sp³-hybridized carbons (Fsp3) is 0.375. The van der Waals surface area contributed by atoms with Gasteiger partial charge >= 0.3 is 0 Å². The second kappa shape index (κ2) is 5.72. The van der Waals surface area contributed by atoms with Crippen LogP contribution in [0.1, 0.15) is 24.0 Å². The Morgan fingerprint density at radius 2 is 2.23 bits per heavy atom. The van der Waals surface area contributed by atoms with Crippen LogP contribution in [0.3, 0.4) is 0 Å². The van der Waals surface area contributed by atoms with Gasteiger partial charge in [0.15, 0.2) is 5.82 Å². The normalized spacial score (nSPS) is 15.8. The first-order chi connectivity index (χ1) is 10.5. The van der Waals surface area contributed by atoms with Crippen molar-refractivity contribution in [1.29, 1.82) is 0 Å². The summed E-state index contributed by atoms with van der Waals surface area (Å²) in [6.45, 7) is 2.09. The molecule has 1 saturated carbocycles. The summed E-state index contributed by atoms with van der Waals surface area (Å²) < 4.78 is 20.1. The van der Waals surface area contributed by atoms with E-state index in [9.17, 15) is 14.0 Å². The van der Waals surface area contributed by atoms with Crippen LogP contribution in [0.5, 0.6) is 0 Å². The van der Waals surface area contributed by atoms with Crippen molar-refractivity contribution in [1.82, 2.24) is 4.40 Å². The van der Waals surface area contributed by atoms with Crippen molar-refractivity contribution >= 4 is 23.6 Å². The van der Waals surface area contributed by atoms with Crippen LogP contribution in [0.25, 0.3) is 5.52 Å². The number of carbonyl (C=O) groups excluding carboxylic acids is 1. The Balaban J connectivity index is 2.04. The van der Waals surface area contributed by atoms with Gasteiger partial charge in [0, 0.05) is 18.2 Å². The minimum atomic E-state index is -0.631. The minimum Gasteiger partial charge on any atom is -0.464 e. The zero-order chi connectivity index (χ0) is 15.9. The molecule has 4 nitrogen and oxygen atoms in total. The van der Waals surface area contributed by atoms with Crippen LogP contribution in [-0.4, -0.2) is 17.0 Å². The lowest BCUT2D eigenvalue weighted by molar-refractivity contribution is -0.134. The Morgan fingerprint density at radius 1 is 1.50 bits per heavy atom. The molecule has 1 aliphatic carbocycles. The Labute approximate surface area is 131 Å². The monoisotopic (exact) mass is 323 g/mol. The van der Waals surface area contributed by atoms with E-state index in [2.05, 4.69) is 0 Å². The van der Waals surface area contributed by atoms with E-state index in [1.807, 2.05) is 0 Å². The summed E-state index contributed by atoms with van der Waals surface area (Å²) >= 11 is 5.87. The van der Waals surface area contributed by atoms with Crippen LogP contribution < -0.4 is 5.56 Å². The van der Waals surface area contributed by atoms with Crippen LogP contribution >= 0.6 is 11.6 Å². The molecule has 0 aromatic carbocycles. The molecule has 116 valence electrons. The maximum absolute atomic E-state index is 13.8. The van der Waals surface area contributed by atoms with Gasteiger partial charge in [0.1, 0.15) is 6.10 Å². The average Bonchev–Trinajstić information content (AvgIpc) is 3.32. The standard InChI is InChI=1S/C16H15ClFNO3/c1-9-13-5-4-11(6-14(22-8-20)10-2-3-10)16(21)19(13)7-12(18)15(9)17/h4-5,7-8,10,14H,2-3,6H2,1H3. The molecule has 1 atom stereocenters. The molecule has 2 aromatic heterocycles. The van der Waals surface area contributed by atoms with Gasteiger partial charge in [-0.3, -0.25) is 14.0 Å². The van der Waals surface area contributed by atoms with Gasteiger partial charge < -0.3 is 4.74 Å². The number of ether oxygens (including phenoxy) is 1. The first-order valence-electron chi connectivity index (χ1n) is 7.11. The highest BCUT2D eigenvalue weighted by Crippen LogP contribution is 2.35. The highest BCUT2D eigenvalue weighted by Gasteiger charge is 2.33. The van der Waals surface area contributed by atoms with Gasteiger partial charge in [0.2, 0.25) is 0 Å². The number of carbonyl (C=O) groups is 1. The predicted molar refractivity (Wildman–Crippen MR) is 80.7 cm³/mol. The summed E-state index contributed by atoms with van der Waals surface area (Å²) in [5, 5.41) is 0.0206. The maximum atomic E-state index is 13.8. The third kappa shape index (κ3) is 2.61. The zero-order valence-corrected chi connectivity index (χ0v) is 12.8. The molecule has 22 heavy (non-hydrogen) atoms. The van der Waals surface area contributed by atoms with Gasteiger partial charge in [-0.15, -0.1) is 0 Å². The number of aryl methyl sites for hydroxylation is 1. The minimum absolute atomic E-state index is 0.0206. The largest absolute Gasteiger partial charge is 0.464 e. The van der Waals surface area contributed by atoms with Crippen LogP contribution in [0, 0.1) is 18.7 Å². The summed E-state index contributed by atoms with van der Waals surface area (Å²) in [5.74, 6) is -0.317. The van der Waals surface area contributed by atoms with Crippen molar-refractivity contribution in [2.45, 2.75) is 32.3 Å². The lowest BCUT2D eigenvalue weighted by atomic mass is 10.1. The molecule has 6 heteroatoms. The Bertz CT molecular complexity index is 798. The summed E-state index contributed by atoms with van der Waals surface area (Å²) in [6.07, 6.45) is 3.15. The van der Waals surface area contributed by atoms with Gasteiger partial charge in [-0.1, -0.05) is 17.7 Å². The fourth-order valence-corrected chi connectivity index (χ4v) is 2.87. The molecule has 1 aliphatic rings. The van der Waals surface area contributed by atoms with Crippen molar-refractivity contribution in [3.05, 3.63) is 50.7 Å². The van der Waals surface area contributed by atoms with E-state index in [4.69, 9.17) is 16.3 Å². The lowest BCUT2D eigenvalue weighted by Crippen LogP contribution is -2.25. The smallest absolute Gasteiger partial charge is 0.293 e. The molecule has 0 N–H and O–H groups in total. The second-order valence-corrected chi connectivity index (χ2v) is 6.03. The number of hydrogen-bond acceptors (Lipinski definition) is 3. The highest BCUT2D eigenvalue weighted by molar-refractivity contribution is 6.31. The topological polar surface area (TPSA) is 47.8 Å². The van der Waals surface area contributed by atoms with E-state index in [0.717, 1.165) is 19.0 Å². The quantitative estimate of drug-likeness (QED) is 0.795. The second-order valence-electron chi connectivity index (χ2n) is 5.65. The van der Waals surface area contributed by atoms with Crippen molar-refractivity contribution in [3.63, 3.8) is 0 Å². The number of rotatable bonds is 5. The predicted octanol–water partition coefficient (Wildman–Crippen LogP) is 2.89.